The van der Waals surface area contributed by atoms with Crippen molar-refractivity contribution in [3.8, 4) is 5.75 Å². The Morgan fingerprint density at radius 3 is 2.48 bits per heavy atom. The van der Waals surface area contributed by atoms with E-state index in [9.17, 15) is 14.7 Å². The van der Waals surface area contributed by atoms with Crippen LogP contribution in [0.15, 0.2) is 24.3 Å². The van der Waals surface area contributed by atoms with Crippen LogP contribution in [0.3, 0.4) is 0 Å². The van der Waals surface area contributed by atoms with Crippen LogP contribution >= 0.6 is 0 Å². The van der Waals surface area contributed by atoms with Gasteiger partial charge in [0.1, 0.15) is 5.75 Å². The number of urea groups is 1. The topological polar surface area (TPSA) is 99.1 Å². The van der Waals surface area contributed by atoms with Crippen molar-refractivity contribution in [3.05, 3.63) is 29.8 Å². The molecule has 1 aromatic rings. The first kappa shape index (κ1) is 19.1. The summed E-state index contributed by atoms with van der Waals surface area (Å²) < 4.78 is 5.40. The van der Waals surface area contributed by atoms with Gasteiger partial charge in [-0.05, 0) is 43.4 Å². The van der Waals surface area contributed by atoms with Crippen LogP contribution in [0.25, 0.3) is 0 Å². The number of hydrogen-bond donors (Lipinski definition) is 3. The van der Waals surface area contributed by atoms with Crippen molar-refractivity contribution in [2.45, 2.75) is 32.3 Å². The van der Waals surface area contributed by atoms with E-state index in [4.69, 9.17) is 9.84 Å². The Bertz CT molecular complexity index is 567. The van der Waals surface area contributed by atoms with Crippen molar-refractivity contribution < 1.29 is 24.5 Å². The summed E-state index contributed by atoms with van der Waals surface area (Å²) in [7, 11) is 0. The fourth-order valence-electron chi connectivity index (χ4n) is 3.01. The van der Waals surface area contributed by atoms with E-state index in [2.05, 4.69) is 5.32 Å². The minimum absolute atomic E-state index is 0.0847. The molecule has 0 aliphatic carbocycles. The predicted molar refractivity (Wildman–Crippen MR) is 92.5 cm³/mol. The van der Waals surface area contributed by atoms with Gasteiger partial charge in [0.05, 0.1) is 19.1 Å². The van der Waals surface area contributed by atoms with E-state index in [-0.39, 0.29) is 24.9 Å². The standard InChI is InChI=1S/C18H26N2O5/c1-2-25-15-5-3-13(4-6-15)17(23)14-8-11-20(12-9-14)18(24)19-10-7-16(21)22/h3-6,14,17,23H,2,7-12H2,1H3,(H,19,24)(H,21,22). The number of ether oxygens (including phenoxy) is 1. The molecule has 1 atom stereocenters. The number of aliphatic hydroxyl groups excluding tert-OH is 1. The summed E-state index contributed by atoms with van der Waals surface area (Å²) in [5.41, 5.74) is 0.854. The molecule has 0 spiro atoms. The molecule has 0 aromatic heterocycles. The lowest BCUT2D eigenvalue weighted by Gasteiger charge is -2.34. The van der Waals surface area contributed by atoms with Crippen molar-refractivity contribution >= 4 is 12.0 Å². The number of rotatable bonds is 7. The van der Waals surface area contributed by atoms with Gasteiger partial charge in [-0.3, -0.25) is 4.79 Å². The molecular weight excluding hydrogens is 324 g/mol. The fourth-order valence-corrected chi connectivity index (χ4v) is 3.01. The first-order valence-electron chi connectivity index (χ1n) is 8.66. The average molecular weight is 350 g/mol. The lowest BCUT2D eigenvalue weighted by Crippen LogP contribution is -2.45. The molecule has 2 rings (SSSR count). The number of benzene rings is 1. The van der Waals surface area contributed by atoms with Crippen molar-refractivity contribution in [1.29, 1.82) is 0 Å². The van der Waals surface area contributed by atoms with Crippen LogP contribution in [0.5, 0.6) is 5.75 Å². The molecule has 1 unspecified atom stereocenters. The Labute approximate surface area is 147 Å². The highest BCUT2D eigenvalue weighted by atomic mass is 16.5. The molecule has 2 amide bonds. The Morgan fingerprint density at radius 1 is 1.28 bits per heavy atom. The number of carboxylic acids is 1. The third-order valence-electron chi connectivity index (χ3n) is 4.42. The quantitative estimate of drug-likeness (QED) is 0.699. The second-order valence-electron chi connectivity index (χ2n) is 6.15. The molecule has 0 saturated carbocycles. The molecular formula is C18H26N2O5. The summed E-state index contributed by atoms with van der Waals surface area (Å²) in [4.78, 5) is 24.1. The maximum absolute atomic E-state index is 12.0. The molecule has 0 radical (unpaired) electrons. The first-order valence-corrected chi connectivity index (χ1v) is 8.66. The van der Waals surface area contributed by atoms with Gasteiger partial charge in [-0.15, -0.1) is 0 Å². The molecule has 7 nitrogen and oxygen atoms in total. The van der Waals surface area contributed by atoms with Crippen LogP contribution in [-0.4, -0.2) is 53.4 Å². The first-order chi connectivity index (χ1) is 12.0. The highest BCUT2D eigenvalue weighted by Gasteiger charge is 2.28. The molecule has 1 saturated heterocycles. The normalized spacial score (nSPS) is 16.3. The van der Waals surface area contributed by atoms with E-state index in [1.165, 1.54) is 0 Å². The number of carbonyl (C=O) groups is 2. The van der Waals surface area contributed by atoms with E-state index in [0.29, 0.717) is 32.5 Å². The molecule has 0 bridgehead atoms. The lowest BCUT2D eigenvalue weighted by molar-refractivity contribution is -0.136. The van der Waals surface area contributed by atoms with Crippen molar-refractivity contribution in [1.82, 2.24) is 10.2 Å². The van der Waals surface area contributed by atoms with E-state index in [0.717, 1.165) is 11.3 Å². The van der Waals surface area contributed by atoms with Crippen LogP contribution in [0.1, 0.15) is 37.9 Å². The van der Waals surface area contributed by atoms with Crippen LogP contribution in [-0.2, 0) is 4.79 Å². The number of aliphatic hydroxyl groups is 1. The number of aliphatic carboxylic acids is 1. The van der Waals surface area contributed by atoms with E-state index >= 15 is 0 Å². The number of carbonyl (C=O) groups excluding carboxylic acids is 1. The van der Waals surface area contributed by atoms with Gasteiger partial charge < -0.3 is 25.2 Å². The van der Waals surface area contributed by atoms with Gasteiger partial charge in [-0.2, -0.15) is 0 Å². The van der Waals surface area contributed by atoms with Crippen LogP contribution in [0.2, 0.25) is 0 Å². The minimum Gasteiger partial charge on any atom is -0.494 e. The van der Waals surface area contributed by atoms with Crippen LogP contribution in [0, 0.1) is 5.92 Å². The smallest absolute Gasteiger partial charge is 0.317 e. The fraction of sp³-hybridized carbons (Fsp3) is 0.556. The number of hydrogen-bond acceptors (Lipinski definition) is 4. The van der Waals surface area contributed by atoms with E-state index in [1.54, 1.807) is 4.90 Å². The summed E-state index contributed by atoms with van der Waals surface area (Å²) >= 11 is 0. The third-order valence-corrected chi connectivity index (χ3v) is 4.42. The summed E-state index contributed by atoms with van der Waals surface area (Å²) in [6.07, 6.45) is 0.771. The van der Waals surface area contributed by atoms with Crippen molar-refractivity contribution in [2.75, 3.05) is 26.2 Å². The molecule has 1 aromatic carbocycles. The van der Waals surface area contributed by atoms with Gasteiger partial charge in [0.15, 0.2) is 0 Å². The zero-order valence-corrected chi connectivity index (χ0v) is 14.5. The monoisotopic (exact) mass is 350 g/mol. The average Bonchev–Trinajstić information content (AvgIpc) is 2.62. The van der Waals surface area contributed by atoms with Crippen molar-refractivity contribution in [2.24, 2.45) is 5.92 Å². The van der Waals surface area contributed by atoms with E-state index < -0.39 is 12.1 Å². The third kappa shape index (κ3) is 5.63. The predicted octanol–water partition coefficient (Wildman–Crippen LogP) is 2.01. The summed E-state index contributed by atoms with van der Waals surface area (Å²) in [6, 6.07) is 7.22. The maximum Gasteiger partial charge on any atom is 0.317 e. The van der Waals surface area contributed by atoms with Gasteiger partial charge in [-0.1, -0.05) is 12.1 Å². The molecule has 138 valence electrons. The zero-order valence-electron chi connectivity index (χ0n) is 14.5. The summed E-state index contributed by atoms with van der Waals surface area (Å²) in [5.74, 6) is -0.0511. The lowest BCUT2D eigenvalue weighted by atomic mass is 9.87. The summed E-state index contributed by atoms with van der Waals surface area (Å²) in [6.45, 7) is 3.77. The number of nitrogens with one attached hydrogen (secondary N) is 1. The van der Waals surface area contributed by atoms with Gasteiger partial charge >= 0.3 is 12.0 Å². The molecule has 1 aliphatic rings. The molecule has 1 heterocycles. The molecule has 1 fully saturated rings. The van der Waals surface area contributed by atoms with Gasteiger partial charge in [0.2, 0.25) is 0 Å². The molecule has 1 aliphatic heterocycles. The second-order valence-corrected chi connectivity index (χ2v) is 6.15. The Kier molecular flexibility index (Phi) is 7.06. The summed E-state index contributed by atoms with van der Waals surface area (Å²) in [5, 5.41) is 21.8. The Morgan fingerprint density at radius 2 is 1.92 bits per heavy atom. The van der Waals surface area contributed by atoms with Gasteiger partial charge in [0, 0.05) is 19.6 Å². The number of nitrogens with zero attached hydrogens (tertiary/aromatic N) is 1. The van der Waals surface area contributed by atoms with Crippen LogP contribution < -0.4 is 10.1 Å². The van der Waals surface area contributed by atoms with Crippen molar-refractivity contribution in [3.63, 3.8) is 0 Å². The number of piperidine rings is 1. The SMILES string of the molecule is CCOc1ccc(C(O)C2CCN(C(=O)NCCC(=O)O)CC2)cc1. The minimum atomic E-state index is -0.933. The van der Waals surface area contributed by atoms with E-state index in [1.807, 2.05) is 31.2 Å². The van der Waals surface area contributed by atoms with Gasteiger partial charge in [0.25, 0.3) is 0 Å². The van der Waals surface area contributed by atoms with Gasteiger partial charge in [-0.25, -0.2) is 4.79 Å². The highest BCUT2D eigenvalue weighted by molar-refractivity contribution is 5.75. The number of amides is 2. The largest absolute Gasteiger partial charge is 0.494 e. The highest BCUT2D eigenvalue weighted by Crippen LogP contribution is 2.31. The molecule has 7 heteroatoms. The number of carboxylic acid groups (broad SMARTS) is 1. The van der Waals surface area contributed by atoms with Crippen LogP contribution in [0.4, 0.5) is 4.79 Å². The molecule has 3 N–H and O–H groups in total. The zero-order chi connectivity index (χ0) is 18.2. The maximum atomic E-state index is 12.0. The molecule has 25 heavy (non-hydrogen) atoms. The Hall–Kier alpha value is -2.28. The Balaban J connectivity index is 1.80. The number of likely N-dealkylation sites (tertiary alicyclic amines) is 1. The second kappa shape index (κ2) is 9.27.